The highest BCUT2D eigenvalue weighted by Gasteiger charge is 2.46. The van der Waals surface area contributed by atoms with Crippen LogP contribution in [-0.4, -0.2) is 43.4 Å². The van der Waals surface area contributed by atoms with E-state index in [1.165, 1.54) is 73.6 Å². The number of nitrogens with zero attached hydrogens (tertiary/aromatic N) is 2. The molecule has 3 aliphatic rings. The molecule has 0 bridgehead atoms. The number of hydrogen-bond donors (Lipinski definition) is 0. The van der Waals surface area contributed by atoms with Crippen molar-refractivity contribution in [2.75, 3.05) is 37.6 Å². The van der Waals surface area contributed by atoms with Crippen molar-refractivity contribution in [2.45, 2.75) is 96.3 Å². The summed E-state index contributed by atoms with van der Waals surface area (Å²) in [5.41, 5.74) is 3.36. The fourth-order valence-electron chi connectivity index (χ4n) is 7.34. The molecule has 2 fully saturated rings. The number of ketones is 1. The average molecular weight is 475 g/mol. The van der Waals surface area contributed by atoms with Crippen LogP contribution in [0.4, 0.5) is 5.69 Å². The van der Waals surface area contributed by atoms with Gasteiger partial charge in [0.25, 0.3) is 0 Å². The van der Waals surface area contributed by atoms with Crippen LogP contribution in [0.25, 0.3) is 10.8 Å². The lowest BCUT2D eigenvalue weighted by Gasteiger charge is -2.31. The molecule has 1 saturated carbocycles. The summed E-state index contributed by atoms with van der Waals surface area (Å²) in [6.45, 7) is 10.4. The first-order valence-corrected chi connectivity index (χ1v) is 14.8. The average Bonchev–Trinajstić information content (AvgIpc) is 3.01. The Morgan fingerprint density at radius 1 is 0.857 bits per heavy atom. The van der Waals surface area contributed by atoms with Crippen molar-refractivity contribution >= 4 is 22.2 Å². The van der Waals surface area contributed by atoms with Gasteiger partial charge >= 0.3 is 0 Å². The third kappa shape index (κ3) is 4.78. The van der Waals surface area contributed by atoms with E-state index in [2.05, 4.69) is 54.0 Å². The van der Waals surface area contributed by atoms with Crippen molar-refractivity contribution in [2.24, 2.45) is 5.92 Å². The van der Waals surface area contributed by atoms with Crippen LogP contribution >= 0.6 is 0 Å². The van der Waals surface area contributed by atoms with Crippen LogP contribution in [0.2, 0.25) is 0 Å². The Bertz CT molecular complexity index is 1010. The van der Waals surface area contributed by atoms with Crippen molar-refractivity contribution in [3.05, 3.63) is 41.5 Å². The van der Waals surface area contributed by atoms with Gasteiger partial charge in [0, 0.05) is 42.8 Å². The normalized spacial score (nSPS) is 21.1. The molecule has 1 saturated heterocycles. The molecule has 0 spiro atoms. The molecule has 2 aromatic carbocycles. The van der Waals surface area contributed by atoms with Crippen molar-refractivity contribution in [3.63, 3.8) is 0 Å². The zero-order valence-corrected chi connectivity index (χ0v) is 22.3. The summed E-state index contributed by atoms with van der Waals surface area (Å²) >= 11 is 0. The predicted molar refractivity (Wildman–Crippen MR) is 149 cm³/mol. The summed E-state index contributed by atoms with van der Waals surface area (Å²) in [7, 11) is 0. The number of benzene rings is 2. The molecule has 0 atom stereocenters. The molecule has 0 unspecified atom stereocenters. The van der Waals surface area contributed by atoms with E-state index < -0.39 is 0 Å². The summed E-state index contributed by atoms with van der Waals surface area (Å²) in [4.78, 5) is 19.3. The van der Waals surface area contributed by atoms with Gasteiger partial charge in [-0.25, -0.2) is 0 Å². The highest BCUT2D eigenvalue weighted by atomic mass is 16.1. The smallest absolute Gasteiger partial charge is 0.174 e. The molecule has 35 heavy (non-hydrogen) atoms. The van der Waals surface area contributed by atoms with Crippen LogP contribution in [0, 0.1) is 5.92 Å². The fourth-order valence-corrected chi connectivity index (χ4v) is 7.34. The van der Waals surface area contributed by atoms with Crippen LogP contribution in [0.1, 0.15) is 107 Å². The minimum atomic E-state index is -0.304. The van der Waals surface area contributed by atoms with Crippen molar-refractivity contribution < 1.29 is 4.79 Å². The lowest BCUT2D eigenvalue weighted by Crippen LogP contribution is -2.34. The van der Waals surface area contributed by atoms with E-state index in [4.69, 9.17) is 0 Å². The molecule has 0 amide bonds. The summed E-state index contributed by atoms with van der Waals surface area (Å²) in [6.07, 6.45) is 14.9. The van der Waals surface area contributed by atoms with Crippen LogP contribution in [-0.2, 0) is 5.41 Å². The Hall–Kier alpha value is -1.87. The fraction of sp³-hybridized carbons (Fsp3) is 0.656. The summed E-state index contributed by atoms with van der Waals surface area (Å²) in [5.74, 6) is 1.31. The molecule has 5 rings (SSSR count). The van der Waals surface area contributed by atoms with Gasteiger partial charge in [-0.3, -0.25) is 4.79 Å². The quantitative estimate of drug-likeness (QED) is 0.371. The van der Waals surface area contributed by atoms with Gasteiger partial charge in [0.2, 0.25) is 0 Å². The van der Waals surface area contributed by atoms with E-state index in [1.54, 1.807) is 0 Å². The lowest BCUT2D eigenvalue weighted by molar-refractivity contribution is 0.0871. The van der Waals surface area contributed by atoms with E-state index in [1.807, 2.05) is 0 Å². The van der Waals surface area contributed by atoms with E-state index in [-0.39, 0.29) is 5.41 Å². The molecular formula is C32H46N2O. The lowest BCUT2D eigenvalue weighted by atomic mass is 9.72. The van der Waals surface area contributed by atoms with Gasteiger partial charge in [-0.05, 0) is 61.6 Å². The third-order valence-electron chi connectivity index (χ3n) is 9.30. The van der Waals surface area contributed by atoms with Crippen molar-refractivity contribution in [1.82, 2.24) is 4.90 Å². The van der Waals surface area contributed by atoms with Crippen LogP contribution in [0.5, 0.6) is 0 Å². The maximum atomic E-state index is 14.0. The molecule has 1 heterocycles. The number of anilines is 1. The van der Waals surface area contributed by atoms with E-state index >= 15 is 0 Å². The SMILES string of the molecule is CCCCC1(CCCC)C(=O)c2cccc3c(N4CCCN(CC5CCCCC5)CC4)ccc1c23. The number of unbranched alkanes of at least 4 members (excludes halogenated alkanes) is 2. The van der Waals surface area contributed by atoms with Gasteiger partial charge in [0.1, 0.15) is 0 Å². The van der Waals surface area contributed by atoms with Crippen LogP contribution in [0.3, 0.4) is 0 Å². The largest absolute Gasteiger partial charge is 0.370 e. The summed E-state index contributed by atoms with van der Waals surface area (Å²) in [5, 5.41) is 2.58. The maximum Gasteiger partial charge on any atom is 0.174 e. The number of Topliss-reactive ketones (excluding diaryl/α,β-unsaturated/α-hetero) is 1. The van der Waals surface area contributed by atoms with E-state index in [0.717, 1.165) is 69.6 Å². The monoisotopic (exact) mass is 474 g/mol. The Labute approximate surface area is 213 Å². The number of hydrogen-bond acceptors (Lipinski definition) is 3. The molecular weight excluding hydrogens is 428 g/mol. The first-order valence-electron chi connectivity index (χ1n) is 14.8. The molecule has 1 aliphatic heterocycles. The number of carbonyl (C=O) groups is 1. The van der Waals surface area contributed by atoms with Gasteiger partial charge in [-0.1, -0.05) is 83.1 Å². The second kappa shape index (κ2) is 11.0. The predicted octanol–water partition coefficient (Wildman–Crippen LogP) is 7.75. The molecule has 2 aliphatic carbocycles. The van der Waals surface area contributed by atoms with E-state index in [0.29, 0.717) is 5.78 Å². The second-order valence-electron chi connectivity index (χ2n) is 11.6. The van der Waals surface area contributed by atoms with Gasteiger partial charge in [0.05, 0.1) is 5.41 Å². The number of carbonyl (C=O) groups excluding carboxylic acids is 1. The molecule has 0 N–H and O–H groups in total. The Balaban J connectivity index is 1.42. The zero-order chi connectivity index (χ0) is 24.3. The van der Waals surface area contributed by atoms with Gasteiger partial charge < -0.3 is 9.80 Å². The van der Waals surface area contributed by atoms with Gasteiger partial charge in [-0.2, -0.15) is 0 Å². The summed E-state index contributed by atoms with van der Waals surface area (Å²) in [6, 6.07) is 11.2. The highest BCUT2D eigenvalue weighted by Crippen LogP contribution is 2.50. The topological polar surface area (TPSA) is 23.6 Å². The molecule has 3 nitrogen and oxygen atoms in total. The van der Waals surface area contributed by atoms with Crippen molar-refractivity contribution in [3.8, 4) is 0 Å². The molecule has 0 aromatic heterocycles. The van der Waals surface area contributed by atoms with E-state index in [9.17, 15) is 4.79 Å². The Morgan fingerprint density at radius 3 is 2.37 bits per heavy atom. The highest BCUT2D eigenvalue weighted by molar-refractivity contribution is 6.22. The van der Waals surface area contributed by atoms with Crippen LogP contribution < -0.4 is 4.90 Å². The van der Waals surface area contributed by atoms with Gasteiger partial charge in [-0.15, -0.1) is 0 Å². The second-order valence-corrected chi connectivity index (χ2v) is 11.6. The van der Waals surface area contributed by atoms with Crippen LogP contribution in [0.15, 0.2) is 30.3 Å². The summed E-state index contributed by atoms with van der Waals surface area (Å²) < 4.78 is 0. The maximum absolute atomic E-state index is 14.0. The minimum absolute atomic E-state index is 0.304. The molecule has 3 heteroatoms. The number of rotatable bonds is 9. The Kier molecular flexibility index (Phi) is 7.82. The van der Waals surface area contributed by atoms with Crippen molar-refractivity contribution in [1.29, 1.82) is 0 Å². The minimum Gasteiger partial charge on any atom is -0.370 e. The third-order valence-corrected chi connectivity index (χ3v) is 9.30. The molecule has 2 aromatic rings. The standard InChI is InChI=1S/C32H46N2O/c1-3-5-18-32(19-6-4-2)28-16-17-29(26-14-10-15-27(30(26)28)31(32)35)34-21-11-20-33(22-23-34)24-25-12-8-7-9-13-25/h10,14-17,25H,3-9,11-13,18-24H2,1-2H3. The Morgan fingerprint density at radius 2 is 1.63 bits per heavy atom. The zero-order valence-electron chi connectivity index (χ0n) is 22.3. The molecule has 190 valence electrons. The molecule has 0 radical (unpaired) electrons. The van der Waals surface area contributed by atoms with Gasteiger partial charge in [0.15, 0.2) is 5.78 Å². The first-order chi connectivity index (χ1) is 17.2. The first kappa shape index (κ1) is 24.8.